The van der Waals surface area contributed by atoms with E-state index in [1.54, 1.807) is 12.1 Å². The van der Waals surface area contributed by atoms with Gasteiger partial charge in [0.2, 0.25) is 0 Å². The van der Waals surface area contributed by atoms with Crippen molar-refractivity contribution in [3.05, 3.63) is 58.1 Å². The van der Waals surface area contributed by atoms with Crippen LogP contribution in [-0.4, -0.2) is 38.1 Å². The molecule has 0 heterocycles. The zero-order valence-corrected chi connectivity index (χ0v) is 16.0. The van der Waals surface area contributed by atoms with Crippen molar-refractivity contribution in [3.8, 4) is 5.75 Å². The molecule has 0 aliphatic carbocycles. The van der Waals surface area contributed by atoms with Crippen LogP contribution in [0.1, 0.15) is 27.9 Å². The number of anilines is 1. The molecule has 25 heavy (non-hydrogen) atoms. The van der Waals surface area contributed by atoms with E-state index in [4.69, 9.17) is 16.3 Å². The molecule has 0 aromatic heterocycles. The summed E-state index contributed by atoms with van der Waals surface area (Å²) in [6.07, 6.45) is 0.901. The van der Waals surface area contributed by atoms with Gasteiger partial charge in [-0.05, 0) is 69.8 Å². The lowest BCUT2D eigenvalue weighted by molar-refractivity contribution is 0.102. The minimum absolute atomic E-state index is 0.178. The van der Waals surface area contributed by atoms with E-state index in [2.05, 4.69) is 10.2 Å². The lowest BCUT2D eigenvalue weighted by atomic mass is 10.1. The van der Waals surface area contributed by atoms with Crippen molar-refractivity contribution in [1.82, 2.24) is 4.90 Å². The summed E-state index contributed by atoms with van der Waals surface area (Å²) in [7, 11) is 4.05. The molecule has 0 saturated heterocycles. The van der Waals surface area contributed by atoms with Crippen LogP contribution < -0.4 is 10.1 Å². The molecule has 0 spiro atoms. The Morgan fingerprint density at radius 2 is 1.92 bits per heavy atom. The number of halogens is 1. The third-order valence-electron chi connectivity index (χ3n) is 3.88. The zero-order chi connectivity index (χ0) is 18.4. The highest BCUT2D eigenvalue weighted by Gasteiger charge is 2.16. The van der Waals surface area contributed by atoms with E-state index in [-0.39, 0.29) is 5.91 Å². The summed E-state index contributed by atoms with van der Waals surface area (Å²) in [5.74, 6) is 0.435. The first-order valence-corrected chi connectivity index (χ1v) is 8.71. The Morgan fingerprint density at radius 1 is 1.16 bits per heavy atom. The third kappa shape index (κ3) is 5.48. The molecule has 2 aromatic rings. The Labute approximate surface area is 154 Å². The first-order valence-electron chi connectivity index (χ1n) is 8.33. The van der Waals surface area contributed by atoms with Gasteiger partial charge >= 0.3 is 0 Å². The fraction of sp³-hybridized carbons (Fsp3) is 0.350. The molecule has 0 fully saturated rings. The molecule has 1 N–H and O–H groups in total. The fourth-order valence-corrected chi connectivity index (χ4v) is 2.65. The monoisotopic (exact) mass is 360 g/mol. The van der Waals surface area contributed by atoms with Gasteiger partial charge in [-0.2, -0.15) is 0 Å². The SMILES string of the molecule is Cc1cc(NC(=O)c2c(C)cccc2OCCCN(C)C)ccc1Cl. The third-order valence-corrected chi connectivity index (χ3v) is 4.31. The second-order valence-electron chi connectivity index (χ2n) is 6.37. The van der Waals surface area contributed by atoms with E-state index in [0.717, 1.165) is 24.1 Å². The molecule has 5 heteroatoms. The maximum absolute atomic E-state index is 12.8. The first-order chi connectivity index (χ1) is 11.9. The number of nitrogens with one attached hydrogen (secondary N) is 1. The van der Waals surface area contributed by atoms with Gasteiger partial charge in [0.25, 0.3) is 5.91 Å². The molecule has 0 atom stereocenters. The number of hydrogen-bond acceptors (Lipinski definition) is 3. The maximum atomic E-state index is 12.8. The molecule has 0 aliphatic rings. The van der Waals surface area contributed by atoms with E-state index < -0.39 is 0 Å². The lowest BCUT2D eigenvalue weighted by Crippen LogP contribution is -2.18. The second-order valence-corrected chi connectivity index (χ2v) is 6.78. The lowest BCUT2D eigenvalue weighted by Gasteiger charge is -2.15. The molecule has 0 aliphatic heterocycles. The van der Waals surface area contributed by atoms with Crippen molar-refractivity contribution in [2.45, 2.75) is 20.3 Å². The average molecular weight is 361 g/mol. The second kappa shape index (κ2) is 8.88. The molecule has 134 valence electrons. The van der Waals surface area contributed by atoms with Gasteiger partial charge in [-0.3, -0.25) is 4.79 Å². The minimum atomic E-state index is -0.178. The van der Waals surface area contributed by atoms with Crippen LogP contribution in [0, 0.1) is 13.8 Å². The van der Waals surface area contributed by atoms with E-state index in [9.17, 15) is 4.79 Å². The Bertz CT molecular complexity index is 744. The highest BCUT2D eigenvalue weighted by atomic mass is 35.5. The fourth-order valence-electron chi connectivity index (χ4n) is 2.53. The molecular weight excluding hydrogens is 336 g/mol. The van der Waals surface area contributed by atoms with Crippen LogP contribution in [0.4, 0.5) is 5.69 Å². The standard InChI is InChI=1S/C20H25ClN2O2/c1-14-7-5-8-18(25-12-6-11-23(3)4)19(14)20(24)22-16-9-10-17(21)15(2)13-16/h5,7-10,13H,6,11-12H2,1-4H3,(H,22,24). The zero-order valence-electron chi connectivity index (χ0n) is 15.2. The quantitative estimate of drug-likeness (QED) is 0.737. The molecule has 0 radical (unpaired) electrons. The van der Waals surface area contributed by atoms with Crippen molar-refractivity contribution in [2.24, 2.45) is 0 Å². The van der Waals surface area contributed by atoms with E-state index >= 15 is 0 Å². The first kappa shape index (κ1) is 19.3. The van der Waals surface area contributed by atoms with Crippen molar-refractivity contribution in [1.29, 1.82) is 0 Å². The van der Waals surface area contributed by atoms with Crippen LogP contribution in [0.2, 0.25) is 5.02 Å². The number of carbonyl (C=O) groups excluding carboxylic acids is 1. The highest BCUT2D eigenvalue weighted by molar-refractivity contribution is 6.31. The number of amides is 1. The van der Waals surface area contributed by atoms with Crippen LogP contribution in [-0.2, 0) is 0 Å². The molecule has 4 nitrogen and oxygen atoms in total. The van der Waals surface area contributed by atoms with Crippen molar-refractivity contribution in [3.63, 3.8) is 0 Å². The average Bonchev–Trinajstić information content (AvgIpc) is 2.55. The van der Waals surface area contributed by atoms with E-state index in [1.807, 2.05) is 52.2 Å². The van der Waals surface area contributed by atoms with E-state index in [0.29, 0.717) is 28.6 Å². The van der Waals surface area contributed by atoms with E-state index in [1.165, 1.54) is 0 Å². The van der Waals surface area contributed by atoms with Gasteiger partial charge in [0.15, 0.2) is 0 Å². The van der Waals surface area contributed by atoms with Crippen LogP contribution in [0.15, 0.2) is 36.4 Å². The number of nitrogens with zero attached hydrogens (tertiary/aromatic N) is 1. The normalized spacial score (nSPS) is 10.8. The Kier molecular flexibility index (Phi) is 6.85. The number of carbonyl (C=O) groups is 1. The number of ether oxygens (including phenoxy) is 1. The summed E-state index contributed by atoms with van der Waals surface area (Å²) >= 11 is 6.04. The van der Waals surface area contributed by atoms with Gasteiger partial charge in [-0.15, -0.1) is 0 Å². The summed E-state index contributed by atoms with van der Waals surface area (Å²) in [4.78, 5) is 14.9. The summed E-state index contributed by atoms with van der Waals surface area (Å²) < 4.78 is 5.86. The van der Waals surface area contributed by atoms with Crippen molar-refractivity contribution in [2.75, 3.05) is 32.6 Å². The van der Waals surface area contributed by atoms with Crippen molar-refractivity contribution >= 4 is 23.2 Å². The molecule has 0 unspecified atom stereocenters. The van der Waals surface area contributed by atoms with Crippen LogP contribution in [0.3, 0.4) is 0 Å². The largest absolute Gasteiger partial charge is 0.493 e. The van der Waals surface area contributed by atoms with Crippen molar-refractivity contribution < 1.29 is 9.53 Å². The predicted octanol–water partition coefficient (Wildman–Crippen LogP) is 4.54. The maximum Gasteiger partial charge on any atom is 0.259 e. The summed E-state index contributed by atoms with van der Waals surface area (Å²) in [6, 6.07) is 11.1. The Hall–Kier alpha value is -2.04. The Balaban J connectivity index is 2.13. The van der Waals surface area contributed by atoms with Crippen LogP contribution in [0.25, 0.3) is 0 Å². The van der Waals surface area contributed by atoms with Gasteiger partial charge in [0, 0.05) is 17.3 Å². The summed E-state index contributed by atoms with van der Waals surface area (Å²) in [5, 5.41) is 3.61. The van der Waals surface area contributed by atoms with Gasteiger partial charge in [0.1, 0.15) is 5.75 Å². The number of hydrogen-bond donors (Lipinski definition) is 1. The minimum Gasteiger partial charge on any atom is -0.493 e. The molecule has 2 rings (SSSR count). The predicted molar refractivity (Wildman–Crippen MR) is 104 cm³/mol. The molecule has 0 saturated carbocycles. The number of benzene rings is 2. The van der Waals surface area contributed by atoms with Crippen LogP contribution in [0.5, 0.6) is 5.75 Å². The topological polar surface area (TPSA) is 41.6 Å². The summed E-state index contributed by atoms with van der Waals surface area (Å²) in [6.45, 7) is 5.33. The van der Waals surface area contributed by atoms with Gasteiger partial charge in [0.05, 0.1) is 12.2 Å². The van der Waals surface area contributed by atoms with Gasteiger partial charge in [-0.25, -0.2) is 0 Å². The smallest absolute Gasteiger partial charge is 0.259 e. The van der Waals surface area contributed by atoms with Gasteiger partial charge < -0.3 is 15.0 Å². The molecular formula is C20H25ClN2O2. The molecule has 2 aromatic carbocycles. The Morgan fingerprint density at radius 3 is 2.60 bits per heavy atom. The summed E-state index contributed by atoms with van der Waals surface area (Å²) in [5.41, 5.74) is 3.09. The highest BCUT2D eigenvalue weighted by Crippen LogP contribution is 2.25. The van der Waals surface area contributed by atoms with Gasteiger partial charge in [-0.1, -0.05) is 23.7 Å². The number of aryl methyl sites for hydroxylation is 2. The number of rotatable bonds is 7. The molecule has 1 amide bonds. The van der Waals surface area contributed by atoms with Crippen LogP contribution >= 0.6 is 11.6 Å². The molecule has 0 bridgehead atoms.